The van der Waals surface area contributed by atoms with Crippen LogP contribution < -0.4 is 5.73 Å². The number of H-pyrrole nitrogens is 1. The Bertz CT molecular complexity index is 392. The fourth-order valence-electron chi connectivity index (χ4n) is 1.13. The number of anilines is 1. The molecule has 1 aromatic heterocycles. The summed E-state index contributed by atoms with van der Waals surface area (Å²) in [6.45, 7) is 0. The van der Waals surface area contributed by atoms with Crippen molar-refractivity contribution in [2.24, 2.45) is 0 Å². The van der Waals surface area contributed by atoms with Crippen LogP contribution >= 0.6 is 0 Å². The Hall–Kier alpha value is -1.64. The second-order valence-electron chi connectivity index (χ2n) is 2.48. The van der Waals surface area contributed by atoms with Crippen LogP contribution in [0.5, 0.6) is 5.75 Å². The van der Waals surface area contributed by atoms with Gasteiger partial charge in [-0.05, 0) is 18.2 Å². The molecule has 56 valence electrons. The van der Waals surface area contributed by atoms with E-state index in [1.807, 2.05) is 0 Å². The average Bonchev–Trinajstić information content (AvgIpc) is 2.32. The topological polar surface area (TPSA) is 62.0 Å². The molecule has 0 unspecified atom stereocenters. The molecule has 2 rings (SSSR count). The number of hydrogen-bond acceptors (Lipinski definition) is 2. The summed E-state index contributed by atoms with van der Waals surface area (Å²) >= 11 is 0. The van der Waals surface area contributed by atoms with Crippen LogP contribution in [0.15, 0.2) is 24.4 Å². The molecule has 0 saturated carbocycles. The molecule has 11 heavy (non-hydrogen) atoms. The van der Waals surface area contributed by atoms with Crippen LogP contribution in [0.1, 0.15) is 0 Å². The van der Waals surface area contributed by atoms with E-state index in [0.29, 0.717) is 5.69 Å². The lowest BCUT2D eigenvalue weighted by atomic mass is 10.2. The number of nitrogens with two attached hydrogens (primary N) is 1. The van der Waals surface area contributed by atoms with E-state index in [1.54, 1.807) is 24.4 Å². The van der Waals surface area contributed by atoms with Gasteiger partial charge in [0, 0.05) is 17.3 Å². The lowest BCUT2D eigenvalue weighted by Crippen LogP contribution is -1.81. The van der Waals surface area contributed by atoms with Crippen LogP contribution in [0.25, 0.3) is 10.9 Å². The van der Waals surface area contributed by atoms with Crippen molar-refractivity contribution < 1.29 is 5.11 Å². The average molecular weight is 148 g/mol. The van der Waals surface area contributed by atoms with Crippen molar-refractivity contribution in [2.75, 3.05) is 5.73 Å². The van der Waals surface area contributed by atoms with Crippen molar-refractivity contribution in [2.45, 2.75) is 0 Å². The van der Waals surface area contributed by atoms with E-state index in [1.165, 1.54) is 0 Å². The number of aromatic nitrogens is 1. The second kappa shape index (κ2) is 1.92. The molecule has 4 N–H and O–H groups in total. The fraction of sp³-hybridized carbons (Fsp3) is 0. The Morgan fingerprint density at radius 1 is 1.36 bits per heavy atom. The summed E-state index contributed by atoms with van der Waals surface area (Å²) in [5.41, 5.74) is 7.09. The maximum atomic E-state index is 9.23. The molecule has 0 aliphatic heterocycles. The third-order valence-electron chi connectivity index (χ3n) is 1.68. The van der Waals surface area contributed by atoms with Gasteiger partial charge in [-0.2, -0.15) is 0 Å². The predicted molar refractivity (Wildman–Crippen MR) is 44.4 cm³/mol. The molecule has 0 saturated heterocycles. The van der Waals surface area contributed by atoms with Crippen molar-refractivity contribution in [3.63, 3.8) is 0 Å². The maximum Gasteiger partial charge on any atom is 0.140 e. The van der Waals surface area contributed by atoms with Crippen LogP contribution in [0, 0.1) is 0 Å². The molecule has 3 heteroatoms. The smallest absolute Gasteiger partial charge is 0.140 e. The molecule has 3 nitrogen and oxygen atoms in total. The highest BCUT2D eigenvalue weighted by Crippen LogP contribution is 2.24. The number of hydrogen-bond donors (Lipinski definition) is 3. The normalized spacial score (nSPS) is 10.5. The van der Waals surface area contributed by atoms with Crippen LogP contribution in [0.3, 0.4) is 0 Å². The number of aromatic hydroxyl groups is 1. The van der Waals surface area contributed by atoms with Crippen molar-refractivity contribution in [3.05, 3.63) is 24.4 Å². The minimum atomic E-state index is 0.264. The summed E-state index contributed by atoms with van der Waals surface area (Å²) < 4.78 is 0. The third kappa shape index (κ3) is 0.816. The maximum absolute atomic E-state index is 9.23. The highest BCUT2D eigenvalue weighted by atomic mass is 16.3. The van der Waals surface area contributed by atoms with E-state index in [-0.39, 0.29) is 5.75 Å². The van der Waals surface area contributed by atoms with Gasteiger partial charge in [-0.15, -0.1) is 0 Å². The molecule has 0 spiro atoms. The lowest BCUT2D eigenvalue weighted by molar-refractivity contribution is 0.481. The van der Waals surface area contributed by atoms with E-state index in [0.717, 1.165) is 10.9 Å². The first-order valence-electron chi connectivity index (χ1n) is 3.33. The van der Waals surface area contributed by atoms with E-state index < -0.39 is 0 Å². The van der Waals surface area contributed by atoms with Gasteiger partial charge in [-0.3, -0.25) is 0 Å². The molecule has 0 amide bonds. The predicted octanol–water partition coefficient (Wildman–Crippen LogP) is 1.46. The first kappa shape index (κ1) is 6.09. The van der Waals surface area contributed by atoms with Crippen LogP contribution in [0.4, 0.5) is 5.69 Å². The lowest BCUT2D eigenvalue weighted by Gasteiger charge is -1.92. The number of nitrogens with one attached hydrogen (secondary N) is 1. The van der Waals surface area contributed by atoms with Crippen molar-refractivity contribution in [1.29, 1.82) is 0 Å². The first-order valence-corrected chi connectivity index (χ1v) is 3.33. The zero-order valence-electron chi connectivity index (χ0n) is 5.83. The Balaban J connectivity index is 2.86. The summed E-state index contributed by atoms with van der Waals surface area (Å²) in [5.74, 6) is 0.264. The zero-order chi connectivity index (χ0) is 7.84. The van der Waals surface area contributed by atoms with Crippen molar-refractivity contribution in [3.8, 4) is 5.75 Å². The zero-order valence-corrected chi connectivity index (χ0v) is 5.83. The molecule has 1 aromatic carbocycles. The summed E-state index contributed by atoms with van der Waals surface area (Å²) in [7, 11) is 0. The first-order chi connectivity index (χ1) is 5.27. The van der Waals surface area contributed by atoms with Gasteiger partial charge >= 0.3 is 0 Å². The largest absolute Gasteiger partial charge is 0.506 e. The summed E-state index contributed by atoms with van der Waals surface area (Å²) in [4.78, 5) is 2.90. The molecule has 0 atom stereocenters. The fourth-order valence-corrected chi connectivity index (χ4v) is 1.13. The van der Waals surface area contributed by atoms with Gasteiger partial charge in [-0.1, -0.05) is 0 Å². The van der Waals surface area contributed by atoms with Gasteiger partial charge in [0.25, 0.3) is 0 Å². The van der Waals surface area contributed by atoms with Crippen molar-refractivity contribution in [1.82, 2.24) is 4.98 Å². The molecule has 1 heterocycles. The molecule has 0 aliphatic rings. The molecular weight excluding hydrogens is 140 g/mol. The van der Waals surface area contributed by atoms with Gasteiger partial charge in [0.1, 0.15) is 5.75 Å². The van der Waals surface area contributed by atoms with Crippen LogP contribution in [0.2, 0.25) is 0 Å². The molecule has 0 bridgehead atoms. The molecule has 0 fully saturated rings. The Morgan fingerprint density at radius 2 is 2.18 bits per heavy atom. The quantitative estimate of drug-likeness (QED) is 0.495. The Kier molecular flexibility index (Phi) is 1.06. The van der Waals surface area contributed by atoms with Gasteiger partial charge in [0.15, 0.2) is 0 Å². The van der Waals surface area contributed by atoms with Gasteiger partial charge < -0.3 is 15.8 Å². The van der Waals surface area contributed by atoms with Crippen LogP contribution in [-0.4, -0.2) is 10.1 Å². The molecule has 2 aromatic rings. The van der Waals surface area contributed by atoms with Crippen LogP contribution in [-0.2, 0) is 0 Å². The van der Waals surface area contributed by atoms with E-state index >= 15 is 0 Å². The van der Waals surface area contributed by atoms with Gasteiger partial charge in [0.05, 0.1) is 5.52 Å². The third-order valence-corrected chi connectivity index (χ3v) is 1.68. The second-order valence-corrected chi connectivity index (χ2v) is 2.48. The number of benzene rings is 1. The number of fused-ring (bicyclic) bond motifs is 1. The molecule has 0 radical (unpaired) electrons. The van der Waals surface area contributed by atoms with E-state index in [4.69, 9.17) is 5.73 Å². The van der Waals surface area contributed by atoms with Gasteiger partial charge in [-0.25, -0.2) is 0 Å². The van der Waals surface area contributed by atoms with Gasteiger partial charge in [0.2, 0.25) is 0 Å². The summed E-state index contributed by atoms with van der Waals surface area (Å²) in [6, 6.07) is 5.33. The summed E-state index contributed by atoms with van der Waals surface area (Å²) in [5, 5.41) is 10.0. The van der Waals surface area contributed by atoms with E-state index in [9.17, 15) is 5.11 Å². The van der Waals surface area contributed by atoms with Crippen molar-refractivity contribution >= 4 is 16.6 Å². The monoisotopic (exact) mass is 148 g/mol. The standard InChI is InChI=1S/C8H8N2O/c9-5-1-2-6-7(3-5)10-4-8(6)11/h1-4,10-11H,9H2. The summed E-state index contributed by atoms with van der Waals surface area (Å²) in [6.07, 6.45) is 1.55. The highest BCUT2D eigenvalue weighted by Gasteiger charge is 1.99. The number of nitrogen functional groups attached to an aromatic ring is 1. The Labute approximate surface area is 63.5 Å². The van der Waals surface area contributed by atoms with E-state index in [2.05, 4.69) is 4.98 Å². The Morgan fingerprint density at radius 3 is 3.00 bits per heavy atom. The minimum Gasteiger partial charge on any atom is -0.506 e. The molecular formula is C8H8N2O. The minimum absolute atomic E-state index is 0.264. The number of aromatic amines is 1. The number of rotatable bonds is 0. The SMILES string of the molecule is Nc1ccc2c(O)c[nH]c2c1. The highest BCUT2D eigenvalue weighted by molar-refractivity contribution is 5.87. The molecule has 0 aliphatic carbocycles.